The molecule has 10 heteroatoms. The Morgan fingerprint density at radius 2 is 1.83 bits per heavy atom. The van der Waals surface area contributed by atoms with Gasteiger partial charge in [0.1, 0.15) is 5.58 Å². The highest BCUT2D eigenvalue weighted by atomic mass is 32.2. The molecule has 29 heavy (non-hydrogen) atoms. The van der Waals surface area contributed by atoms with E-state index in [1.165, 1.54) is 44.8 Å². The summed E-state index contributed by atoms with van der Waals surface area (Å²) in [7, 11) is 0.759. The minimum atomic E-state index is -3.92. The van der Waals surface area contributed by atoms with Crippen LogP contribution in [0.15, 0.2) is 56.8 Å². The van der Waals surface area contributed by atoms with Crippen molar-refractivity contribution in [2.24, 2.45) is 7.05 Å². The van der Waals surface area contributed by atoms with Crippen molar-refractivity contribution in [1.82, 2.24) is 9.55 Å². The van der Waals surface area contributed by atoms with Crippen molar-refractivity contribution in [2.75, 3.05) is 18.9 Å². The van der Waals surface area contributed by atoms with Crippen molar-refractivity contribution in [1.29, 1.82) is 0 Å². The number of methoxy groups -OCH3 is 2. The van der Waals surface area contributed by atoms with Gasteiger partial charge in [-0.25, -0.2) is 18.2 Å². The van der Waals surface area contributed by atoms with E-state index in [9.17, 15) is 13.2 Å². The molecule has 0 bridgehead atoms. The van der Waals surface area contributed by atoms with E-state index in [1.807, 2.05) is 0 Å². The fraction of sp³-hybridized carbons (Fsp3) is 0.158. The van der Waals surface area contributed by atoms with E-state index in [1.54, 1.807) is 23.7 Å². The summed E-state index contributed by atoms with van der Waals surface area (Å²) in [4.78, 5) is 16.1. The van der Waals surface area contributed by atoms with Crippen molar-refractivity contribution in [3.8, 4) is 11.5 Å². The Hall–Kier alpha value is -3.53. The summed E-state index contributed by atoms with van der Waals surface area (Å²) in [5, 5.41) is 0.467. The monoisotopic (exact) mass is 415 g/mol. The molecule has 0 aliphatic rings. The largest absolute Gasteiger partial charge is 0.493 e. The molecule has 1 N–H and O–H groups in total. The summed E-state index contributed by atoms with van der Waals surface area (Å²) >= 11 is 0. The summed E-state index contributed by atoms with van der Waals surface area (Å²) in [6.07, 6.45) is 1.48. The highest BCUT2D eigenvalue weighted by Gasteiger charge is 2.19. The van der Waals surface area contributed by atoms with Crippen LogP contribution in [0.25, 0.3) is 22.0 Å². The van der Waals surface area contributed by atoms with Crippen LogP contribution in [0.4, 0.5) is 5.69 Å². The van der Waals surface area contributed by atoms with Gasteiger partial charge in [-0.05, 0) is 30.3 Å². The summed E-state index contributed by atoms with van der Waals surface area (Å²) < 4.78 is 45.6. The van der Waals surface area contributed by atoms with Gasteiger partial charge in [-0.3, -0.25) is 4.72 Å². The number of rotatable bonds is 5. The van der Waals surface area contributed by atoms with Crippen LogP contribution in [0.3, 0.4) is 0 Å². The van der Waals surface area contributed by atoms with Crippen LogP contribution < -0.4 is 19.8 Å². The molecule has 2 aromatic heterocycles. The Labute approximate surface area is 165 Å². The third-order valence-electron chi connectivity index (χ3n) is 4.49. The molecule has 0 atom stereocenters. The number of nitrogens with one attached hydrogen (secondary N) is 1. The second-order valence-corrected chi connectivity index (χ2v) is 7.96. The zero-order chi connectivity index (χ0) is 20.8. The summed E-state index contributed by atoms with van der Waals surface area (Å²) in [6.45, 7) is 0. The normalized spacial score (nSPS) is 11.7. The van der Waals surface area contributed by atoms with Crippen LogP contribution in [0.2, 0.25) is 0 Å². The third-order valence-corrected chi connectivity index (χ3v) is 5.86. The molecule has 0 saturated heterocycles. The Morgan fingerprint density at radius 1 is 1.07 bits per heavy atom. The zero-order valence-corrected chi connectivity index (χ0v) is 16.6. The molecular weight excluding hydrogens is 398 g/mol. The number of hydrogen-bond acceptors (Lipinski definition) is 7. The second kappa shape index (κ2) is 6.82. The topological polar surface area (TPSA) is 113 Å². The van der Waals surface area contributed by atoms with Crippen LogP contribution in [0.5, 0.6) is 11.5 Å². The number of sulfonamides is 1. The van der Waals surface area contributed by atoms with Gasteiger partial charge < -0.3 is 18.5 Å². The second-order valence-electron chi connectivity index (χ2n) is 6.28. The maximum atomic E-state index is 12.9. The SMILES string of the molecule is COc1ccc(NS(=O)(=O)c2ccc3oc(=O)c4ncn(C)c4c3c2)cc1OC. The molecule has 0 aliphatic carbocycles. The number of nitrogens with zero attached hydrogens (tertiary/aromatic N) is 2. The van der Waals surface area contributed by atoms with Gasteiger partial charge in [-0.2, -0.15) is 0 Å². The standard InChI is InChI=1S/C19H17N3O6S/c1-22-10-20-17-18(22)13-9-12(5-7-14(13)28-19(17)23)29(24,25)21-11-4-6-15(26-2)16(8-11)27-3/h4-10,21H,1-3H3. The van der Waals surface area contributed by atoms with Gasteiger partial charge in [-0.1, -0.05) is 0 Å². The van der Waals surface area contributed by atoms with Crippen molar-refractivity contribution in [3.05, 3.63) is 53.1 Å². The molecule has 0 saturated carbocycles. The number of imidazole rings is 1. The van der Waals surface area contributed by atoms with Gasteiger partial charge in [0.05, 0.1) is 36.6 Å². The lowest BCUT2D eigenvalue weighted by Crippen LogP contribution is -2.13. The fourth-order valence-corrected chi connectivity index (χ4v) is 4.18. The smallest absolute Gasteiger partial charge is 0.364 e. The number of fused-ring (bicyclic) bond motifs is 3. The summed E-state index contributed by atoms with van der Waals surface area (Å²) in [5.74, 6) is 0.874. The minimum absolute atomic E-state index is 0.0103. The first-order chi connectivity index (χ1) is 13.8. The van der Waals surface area contributed by atoms with Crippen LogP contribution in [-0.4, -0.2) is 32.2 Å². The van der Waals surface area contributed by atoms with Crippen molar-refractivity contribution >= 4 is 37.7 Å². The van der Waals surface area contributed by atoms with Crippen molar-refractivity contribution in [3.63, 3.8) is 0 Å². The Morgan fingerprint density at radius 3 is 2.55 bits per heavy atom. The highest BCUT2D eigenvalue weighted by Crippen LogP contribution is 2.31. The minimum Gasteiger partial charge on any atom is -0.493 e. The Kier molecular flexibility index (Phi) is 4.42. The molecule has 9 nitrogen and oxygen atoms in total. The van der Waals surface area contributed by atoms with Crippen LogP contribution in [0.1, 0.15) is 0 Å². The molecule has 0 aliphatic heterocycles. The predicted molar refractivity (Wildman–Crippen MR) is 107 cm³/mol. The quantitative estimate of drug-likeness (QED) is 0.498. The molecule has 0 amide bonds. The van der Waals surface area contributed by atoms with E-state index in [-0.39, 0.29) is 16.0 Å². The van der Waals surface area contributed by atoms with Crippen molar-refractivity contribution in [2.45, 2.75) is 4.90 Å². The molecule has 2 aromatic carbocycles. The van der Waals surface area contributed by atoms with Crippen LogP contribution in [-0.2, 0) is 17.1 Å². The highest BCUT2D eigenvalue weighted by molar-refractivity contribution is 7.92. The number of anilines is 1. The predicted octanol–water partition coefficient (Wildman–Crippen LogP) is 2.50. The molecular formula is C19H17N3O6S. The maximum Gasteiger partial charge on any atom is 0.364 e. The Balaban J connectivity index is 1.81. The van der Waals surface area contributed by atoms with Gasteiger partial charge in [0, 0.05) is 18.5 Å². The summed E-state index contributed by atoms with van der Waals surface area (Å²) in [5.41, 5.74) is 0.651. The molecule has 0 spiro atoms. The number of benzene rings is 2. The van der Waals surface area contributed by atoms with E-state index in [0.717, 1.165) is 0 Å². The molecule has 2 heterocycles. The van der Waals surface area contributed by atoms with E-state index >= 15 is 0 Å². The first-order valence-electron chi connectivity index (χ1n) is 8.47. The van der Waals surface area contributed by atoms with Gasteiger partial charge >= 0.3 is 5.63 Å². The van der Waals surface area contributed by atoms with Crippen LogP contribution in [0, 0.1) is 0 Å². The number of ether oxygens (including phenoxy) is 2. The average molecular weight is 415 g/mol. The first kappa shape index (κ1) is 18.8. The molecule has 150 valence electrons. The number of aromatic nitrogens is 2. The molecule has 0 unspecified atom stereocenters. The van der Waals surface area contributed by atoms with Gasteiger partial charge in [0.25, 0.3) is 10.0 Å². The zero-order valence-electron chi connectivity index (χ0n) is 15.8. The average Bonchev–Trinajstić information content (AvgIpc) is 3.10. The lowest BCUT2D eigenvalue weighted by Gasteiger charge is -2.12. The van der Waals surface area contributed by atoms with Crippen molar-refractivity contribution < 1.29 is 22.3 Å². The lowest BCUT2D eigenvalue weighted by atomic mass is 10.2. The molecule has 0 radical (unpaired) electrons. The summed E-state index contributed by atoms with van der Waals surface area (Å²) in [6, 6.07) is 8.97. The Bertz CT molecular complexity index is 1410. The third kappa shape index (κ3) is 3.17. The van der Waals surface area contributed by atoms with E-state index < -0.39 is 15.6 Å². The number of aryl methyl sites for hydroxylation is 1. The lowest BCUT2D eigenvalue weighted by molar-refractivity contribution is 0.355. The van der Waals surface area contributed by atoms with E-state index in [0.29, 0.717) is 28.1 Å². The molecule has 4 aromatic rings. The molecule has 4 rings (SSSR count). The van der Waals surface area contributed by atoms with Crippen LogP contribution >= 0.6 is 0 Å². The number of hydrogen-bond donors (Lipinski definition) is 1. The van der Waals surface area contributed by atoms with E-state index in [2.05, 4.69) is 9.71 Å². The van der Waals surface area contributed by atoms with Gasteiger partial charge in [0.15, 0.2) is 17.0 Å². The van der Waals surface area contributed by atoms with E-state index in [4.69, 9.17) is 13.9 Å². The first-order valence-corrected chi connectivity index (χ1v) is 9.95. The maximum absolute atomic E-state index is 12.9. The fourth-order valence-electron chi connectivity index (χ4n) is 3.11. The molecule has 0 fully saturated rings. The van der Waals surface area contributed by atoms with Gasteiger partial charge in [0.2, 0.25) is 0 Å². The van der Waals surface area contributed by atoms with Gasteiger partial charge in [-0.15, -0.1) is 0 Å².